The predicted octanol–water partition coefficient (Wildman–Crippen LogP) is 2.15. The Hall–Kier alpha value is -2.00. The van der Waals surface area contributed by atoms with Gasteiger partial charge in [-0.15, -0.1) is 0 Å². The maximum atomic E-state index is 12.1. The second-order valence-corrected chi connectivity index (χ2v) is 8.23. The van der Waals surface area contributed by atoms with Gasteiger partial charge in [-0.05, 0) is 26.7 Å². The van der Waals surface area contributed by atoms with Crippen LogP contribution in [0, 0.1) is 0 Å². The SMILES string of the molecule is COc1cc(NC(=O)CCCCNS(=O)(=O)C(C)C)cc(OC)c1OC. The standard InChI is InChI=1S/C17H28N2O6S/c1-12(2)26(21,22)18-9-7-6-8-16(20)19-13-10-14(23-3)17(25-5)15(11-13)24-4/h10-12,18H,6-9H2,1-5H3,(H,19,20). The maximum absolute atomic E-state index is 12.1. The first-order valence-corrected chi connectivity index (χ1v) is 9.88. The van der Waals surface area contributed by atoms with E-state index in [0.717, 1.165) is 0 Å². The molecule has 0 saturated heterocycles. The summed E-state index contributed by atoms with van der Waals surface area (Å²) in [6.07, 6.45) is 1.42. The number of sulfonamides is 1. The Morgan fingerprint density at radius 1 is 1.04 bits per heavy atom. The highest BCUT2D eigenvalue weighted by molar-refractivity contribution is 7.90. The Morgan fingerprint density at radius 2 is 1.62 bits per heavy atom. The summed E-state index contributed by atoms with van der Waals surface area (Å²) in [4.78, 5) is 12.1. The molecule has 148 valence electrons. The molecule has 1 rings (SSSR count). The van der Waals surface area contributed by atoms with Crippen molar-refractivity contribution in [2.75, 3.05) is 33.2 Å². The zero-order valence-corrected chi connectivity index (χ0v) is 16.7. The molecule has 0 fully saturated rings. The number of carbonyl (C=O) groups is 1. The van der Waals surface area contributed by atoms with Gasteiger partial charge in [-0.1, -0.05) is 0 Å². The molecule has 0 radical (unpaired) electrons. The monoisotopic (exact) mass is 388 g/mol. The smallest absolute Gasteiger partial charge is 0.224 e. The van der Waals surface area contributed by atoms with E-state index in [4.69, 9.17) is 14.2 Å². The molecule has 0 saturated carbocycles. The van der Waals surface area contributed by atoms with E-state index in [9.17, 15) is 13.2 Å². The van der Waals surface area contributed by atoms with Crippen LogP contribution in [-0.2, 0) is 14.8 Å². The molecule has 0 spiro atoms. The van der Waals surface area contributed by atoms with Gasteiger partial charge in [0, 0.05) is 30.8 Å². The first kappa shape index (κ1) is 22.0. The minimum Gasteiger partial charge on any atom is -0.493 e. The topological polar surface area (TPSA) is 103 Å². The zero-order valence-electron chi connectivity index (χ0n) is 15.9. The van der Waals surface area contributed by atoms with Crippen molar-refractivity contribution >= 4 is 21.6 Å². The number of methoxy groups -OCH3 is 3. The molecule has 9 heteroatoms. The summed E-state index contributed by atoms with van der Waals surface area (Å²) in [6.45, 7) is 3.55. The molecule has 0 heterocycles. The third-order valence-corrected chi connectivity index (χ3v) is 5.55. The van der Waals surface area contributed by atoms with E-state index in [2.05, 4.69) is 10.0 Å². The minimum atomic E-state index is -3.26. The van der Waals surface area contributed by atoms with Crippen LogP contribution >= 0.6 is 0 Å². The van der Waals surface area contributed by atoms with Crippen LogP contribution in [0.3, 0.4) is 0 Å². The lowest BCUT2D eigenvalue weighted by molar-refractivity contribution is -0.116. The van der Waals surface area contributed by atoms with Crippen molar-refractivity contribution in [1.82, 2.24) is 4.72 Å². The maximum Gasteiger partial charge on any atom is 0.224 e. The number of ether oxygens (including phenoxy) is 3. The fraction of sp³-hybridized carbons (Fsp3) is 0.588. The molecule has 0 bridgehead atoms. The average molecular weight is 388 g/mol. The van der Waals surface area contributed by atoms with Gasteiger partial charge in [0.25, 0.3) is 0 Å². The summed E-state index contributed by atoms with van der Waals surface area (Å²) in [5.41, 5.74) is 0.532. The predicted molar refractivity (Wildman–Crippen MR) is 101 cm³/mol. The number of amides is 1. The molecule has 26 heavy (non-hydrogen) atoms. The summed E-state index contributed by atoms with van der Waals surface area (Å²) in [6, 6.07) is 3.30. The molecule has 2 N–H and O–H groups in total. The first-order valence-electron chi connectivity index (χ1n) is 8.33. The van der Waals surface area contributed by atoms with Crippen LogP contribution in [0.1, 0.15) is 33.1 Å². The van der Waals surface area contributed by atoms with Crippen molar-refractivity contribution in [2.24, 2.45) is 0 Å². The highest BCUT2D eigenvalue weighted by Crippen LogP contribution is 2.39. The van der Waals surface area contributed by atoms with Crippen molar-refractivity contribution in [3.63, 3.8) is 0 Å². The van der Waals surface area contributed by atoms with Gasteiger partial charge in [0.1, 0.15) is 0 Å². The summed E-state index contributed by atoms with van der Waals surface area (Å²) in [5.74, 6) is 1.17. The average Bonchev–Trinajstić information content (AvgIpc) is 2.60. The Bertz CT molecular complexity index is 678. The quantitative estimate of drug-likeness (QED) is 0.563. The van der Waals surface area contributed by atoms with Gasteiger partial charge < -0.3 is 19.5 Å². The third-order valence-electron chi connectivity index (χ3n) is 3.70. The molecular formula is C17H28N2O6S. The molecule has 0 unspecified atom stereocenters. The van der Waals surface area contributed by atoms with Crippen molar-refractivity contribution in [1.29, 1.82) is 0 Å². The minimum absolute atomic E-state index is 0.175. The lowest BCUT2D eigenvalue weighted by atomic mass is 10.2. The number of hydrogen-bond acceptors (Lipinski definition) is 6. The Morgan fingerprint density at radius 3 is 2.08 bits per heavy atom. The number of anilines is 1. The second kappa shape index (κ2) is 10.2. The van der Waals surface area contributed by atoms with Gasteiger partial charge in [-0.25, -0.2) is 13.1 Å². The molecule has 1 aromatic carbocycles. The Balaban J connectivity index is 2.53. The second-order valence-electron chi connectivity index (χ2n) is 5.91. The number of carbonyl (C=O) groups excluding carboxylic acids is 1. The van der Waals surface area contributed by atoms with E-state index < -0.39 is 15.3 Å². The summed E-state index contributed by atoms with van der Waals surface area (Å²) in [7, 11) is 1.25. The molecule has 0 atom stereocenters. The van der Waals surface area contributed by atoms with Gasteiger partial charge in [0.05, 0.1) is 26.6 Å². The van der Waals surface area contributed by atoms with Crippen LogP contribution in [0.15, 0.2) is 12.1 Å². The molecule has 0 aliphatic rings. The van der Waals surface area contributed by atoms with E-state index in [0.29, 0.717) is 42.3 Å². The fourth-order valence-corrected chi connectivity index (χ4v) is 2.93. The molecule has 1 aromatic rings. The zero-order chi connectivity index (χ0) is 19.7. The van der Waals surface area contributed by atoms with Gasteiger partial charge in [0.2, 0.25) is 21.7 Å². The van der Waals surface area contributed by atoms with Gasteiger partial charge in [-0.2, -0.15) is 0 Å². The summed E-state index contributed by atoms with van der Waals surface area (Å²) >= 11 is 0. The molecule has 8 nitrogen and oxygen atoms in total. The highest BCUT2D eigenvalue weighted by atomic mass is 32.2. The molecule has 1 amide bonds. The van der Waals surface area contributed by atoms with Crippen molar-refractivity contribution in [3.05, 3.63) is 12.1 Å². The van der Waals surface area contributed by atoms with Gasteiger partial charge >= 0.3 is 0 Å². The Kier molecular flexibility index (Phi) is 8.67. The van der Waals surface area contributed by atoms with E-state index in [-0.39, 0.29) is 12.3 Å². The van der Waals surface area contributed by atoms with Crippen molar-refractivity contribution < 1.29 is 27.4 Å². The largest absolute Gasteiger partial charge is 0.493 e. The van der Waals surface area contributed by atoms with Crippen LogP contribution in [0.5, 0.6) is 17.2 Å². The molecule has 0 aliphatic heterocycles. The number of nitrogens with one attached hydrogen (secondary N) is 2. The Labute approximate surface area is 155 Å². The van der Waals surface area contributed by atoms with Crippen LogP contribution in [0.25, 0.3) is 0 Å². The molecule has 0 aliphatic carbocycles. The van der Waals surface area contributed by atoms with Crippen molar-refractivity contribution in [3.8, 4) is 17.2 Å². The third kappa shape index (κ3) is 6.38. The molecular weight excluding hydrogens is 360 g/mol. The first-order chi connectivity index (χ1) is 12.2. The van der Waals surface area contributed by atoms with E-state index in [1.54, 1.807) is 26.0 Å². The van der Waals surface area contributed by atoms with Crippen molar-refractivity contribution in [2.45, 2.75) is 38.4 Å². The summed E-state index contributed by atoms with van der Waals surface area (Å²) < 4.78 is 41.5. The van der Waals surface area contributed by atoms with Crippen LogP contribution < -0.4 is 24.2 Å². The fourth-order valence-electron chi connectivity index (χ4n) is 2.17. The number of unbranched alkanes of at least 4 members (excludes halogenated alkanes) is 1. The van der Waals surface area contributed by atoms with E-state index in [1.807, 2.05) is 0 Å². The van der Waals surface area contributed by atoms with Gasteiger partial charge in [0.15, 0.2) is 11.5 Å². The number of hydrogen-bond donors (Lipinski definition) is 2. The van der Waals surface area contributed by atoms with E-state index >= 15 is 0 Å². The van der Waals surface area contributed by atoms with Gasteiger partial charge in [-0.3, -0.25) is 4.79 Å². The lowest BCUT2D eigenvalue weighted by Gasteiger charge is -2.14. The highest BCUT2D eigenvalue weighted by Gasteiger charge is 2.15. The normalized spacial score (nSPS) is 11.3. The summed E-state index contributed by atoms with van der Waals surface area (Å²) in [5, 5.41) is 2.31. The van der Waals surface area contributed by atoms with Crippen LogP contribution in [0.2, 0.25) is 0 Å². The van der Waals surface area contributed by atoms with E-state index in [1.165, 1.54) is 21.3 Å². The molecule has 0 aromatic heterocycles. The lowest BCUT2D eigenvalue weighted by Crippen LogP contribution is -2.31. The number of rotatable bonds is 11. The van der Waals surface area contributed by atoms with Crippen LogP contribution in [-0.4, -0.2) is 47.4 Å². The van der Waals surface area contributed by atoms with Crippen LogP contribution in [0.4, 0.5) is 5.69 Å². The number of benzene rings is 1.